The smallest absolute Gasteiger partial charge is 0.226 e. The zero-order valence-corrected chi connectivity index (χ0v) is 14.2. The van der Waals surface area contributed by atoms with Crippen LogP contribution in [0.15, 0.2) is 18.2 Å². The zero-order chi connectivity index (χ0) is 16.3. The Kier molecular flexibility index (Phi) is 5.81. The number of hydrogen-bond acceptors (Lipinski definition) is 2. The van der Waals surface area contributed by atoms with Crippen molar-refractivity contribution in [3.05, 3.63) is 34.6 Å². The van der Waals surface area contributed by atoms with E-state index >= 15 is 0 Å². The van der Waals surface area contributed by atoms with Crippen molar-refractivity contribution >= 4 is 17.5 Å². The number of carbonyl (C=O) groups excluding carboxylic acids is 1. The van der Waals surface area contributed by atoms with Crippen LogP contribution < -0.4 is 0 Å². The average molecular weight is 327 g/mol. The van der Waals surface area contributed by atoms with Gasteiger partial charge in [-0.05, 0) is 50.4 Å². The molecule has 0 aromatic heterocycles. The normalized spacial score (nSPS) is 18.9. The minimum Gasteiger partial charge on any atom is -0.345 e. The first-order valence-electron chi connectivity index (χ1n) is 7.78. The predicted molar refractivity (Wildman–Crippen MR) is 87.6 cm³/mol. The van der Waals surface area contributed by atoms with Gasteiger partial charge in [-0.15, -0.1) is 0 Å². The van der Waals surface area contributed by atoms with Gasteiger partial charge in [0, 0.05) is 31.2 Å². The molecule has 0 radical (unpaired) electrons. The van der Waals surface area contributed by atoms with Crippen LogP contribution in [-0.2, 0) is 11.2 Å². The van der Waals surface area contributed by atoms with Crippen LogP contribution in [0.5, 0.6) is 0 Å². The van der Waals surface area contributed by atoms with Gasteiger partial charge in [0.25, 0.3) is 0 Å². The van der Waals surface area contributed by atoms with Crippen molar-refractivity contribution < 1.29 is 9.18 Å². The first kappa shape index (κ1) is 17.2. The second-order valence-electron chi connectivity index (χ2n) is 6.43. The summed E-state index contributed by atoms with van der Waals surface area (Å²) < 4.78 is 13.0. The summed E-state index contributed by atoms with van der Waals surface area (Å²) in [7, 11) is 1.83. The number of amides is 1. The molecule has 1 heterocycles. The molecule has 0 aliphatic carbocycles. The first-order chi connectivity index (χ1) is 10.4. The molecular formula is C17H24ClFN2O. The number of carbonyl (C=O) groups is 1. The standard InChI is InChI=1S/C17H24ClFN2O/c1-12(2)21-7-6-13(11-21)10-20(3)17(22)8-14-4-5-15(19)9-16(14)18/h4-5,9,12-13H,6-8,10-11H2,1-3H3/t13-/m1/s1. The predicted octanol–water partition coefficient (Wildman–Crippen LogP) is 3.21. The molecule has 5 heteroatoms. The van der Waals surface area contributed by atoms with E-state index < -0.39 is 0 Å². The Morgan fingerprint density at radius 1 is 1.50 bits per heavy atom. The van der Waals surface area contributed by atoms with Crippen LogP contribution in [0.2, 0.25) is 5.02 Å². The zero-order valence-electron chi connectivity index (χ0n) is 13.5. The Hall–Kier alpha value is -1.13. The van der Waals surface area contributed by atoms with Crippen LogP contribution in [0.1, 0.15) is 25.8 Å². The average Bonchev–Trinajstić information content (AvgIpc) is 2.90. The maximum Gasteiger partial charge on any atom is 0.226 e. The summed E-state index contributed by atoms with van der Waals surface area (Å²) in [6.07, 6.45) is 1.35. The van der Waals surface area contributed by atoms with Gasteiger partial charge in [0.2, 0.25) is 5.91 Å². The highest BCUT2D eigenvalue weighted by molar-refractivity contribution is 6.31. The fourth-order valence-electron chi connectivity index (χ4n) is 2.93. The van der Waals surface area contributed by atoms with E-state index in [1.54, 1.807) is 11.0 Å². The molecule has 0 N–H and O–H groups in total. The molecule has 0 spiro atoms. The number of likely N-dealkylation sites (N-methyl/N-ethyl adjacent to an activating group) is 1. The van der Waals surface area contributed by atoms with E-state index in [1.807, 2.05) is 7.05 Å². The molecule has 1 aromatic rings. The van der Waals surface area contributed by atoms with Gasteiger partial charge in [0.1, 0.15) is 5.82 Å². The molecule has 2 rings (SSSR count). The van der Waals surface area contributed by atoms with Crippen molar-refractivity contribution in [2.75, 3.05) is 26.7 Å². The number of rotatable bonds is 5. The van der Waals surface area contributed by atoms with Gasteiger partial charge in [-0.1, -0.05) is 17.7 Å². The summed E-state index contributed by atoms with van der Waals surface area (Å²) >= 11 is 5.99. The number of nitrogens with zero attached hydrogens (tertiary/aromatic N) is 2. The summed E-state index contributed by atoms with van der Waals surface area (Å²) in [6.45, 7) is 7.32. The molecule has 0 saturated carbocycles. The lowest BCUT2D eigenvalue weighted by Gasteiger charge is -2.23. The molecule has 122 valence electrons. The number of benzene rings is 1. The van der Waals surface area contributed by atoms with Crippen LogP contribution in [0.25, 0.3) is 0 Å². The van der Waals surface area contributed by atoms with E-state index in [1.165, 1.54) is 12.1 Å². The van der Waals surface area contributed by atoms with Gasteiger partial charge < -0.3 is 9.80 Å². The molecule has 1 saturated heterocycles. The van der Waals surface area contributed by atoms with Crippen LogP contribution in [0.4, 0.5) is 4.39 Å². The number of hydrogen-bond donors (Lipinski definition) is 0. The Balaban J connectivity index is 1.87. The van der Waals surface area contributed by atoms with Crippen LogP contribution in [0, 0.1) is 11.7 Å². The van der Waals surface area contributed by atoms with Gasteiger partial charge in [-0.3, -0.25) is 4.79 Å². The lowest BCUT2D eigenvalue weighted by Crippen LogP contribution is -2.35. The second-order valence-corrected chi connectivity index (χ2v) is 6.84. The van der Waals surface area contributed by atoms with Gasteiger partial charge in [-0.25, -0.2) is 4.39 Å². The molecule has 1 atom stereocenters. The second kappa shape index (κ2) is 7.42. The molecule has 0 bridgehead atoms. The molecule has 22 heavy (non-hydrogen) atoms. The molecular weight excluding hydrogens is 303 g/mol. The van der Waals surface area contributed by atoms with Crippen LogP contribution in [-0.4, -0.2) is 48.4 Å². The van der Waals surface area contributed by atoms with E-state index in [2.05, 4.69) is 18.7 Å². The molecule has 1 amide bonds. The first-order valence-corrected chi connectivity index (χ1v) is 8.16. The van der Waals surface area contributed by atoms with Gasteiger partial charge in [0.15, 0.2) is 0 Å². The van der Waals surface area contributed by atoms with Crippen molar-refractivity contribution in [3.8, 4) is 0 Å². The fourth-order valence-corrected chi connectivity index (χ4v) is 3.17. The molecule has 1 aliphatic heterocycles. The highest BCUT2D eigenvalue weighted by Gasteiger charge is 2.26. The van der Waals surface area contributed by atoms with Crippen molar-refractivity contribution in [3.63, 3.8) is 0 Å². The van der Waals surface area contributed by atoms with Crippen LogP contribution in [0.3, 0.4) is 0 Å². The Bertz CT molecular complexity index is 535. The van der Waals surface area contributed by atoms with Gasteiger partial charge >= 0.3 is 0 Å². The fraction of sp³-hybridized carbons (Fsp3) is 0.588. The minimum atomic E-state index is -0.380. The maximum atomic E-state index is 13.0. The lowest BCUT2D eigenvalue weighted by molar-refractivity contribution is -0.129. The Morgan fingerprint density at radius 2 is 2.23 bits per heavy atom. The number of likely N-dealkylation sites (tertiary alicyclic amines) is 1. The number of halogens is 2. The quantitative estimate of drug-likeness (QED) is 0.829. The largest absolute Gasteiger partial charge is 0.345 e. The highest BCUT2D eigenvalue weighted by Crippen LogP contribution is 2.21. The summed E-state index contributed by atoms with van der Waals surface area (Å²) in [5, 5.41) is 0.314. The highest BCUT2D eigenvalue weighted by atomic mass is 35.5. The minimum absolute atomic E-state index is 0.0245. The van der Waals surface area contributed by atoms with Crippen molar-refractivity contribution in [2.45, 2.75) is 32.7 Å². The SMILES string of the molecule is CC(C)N1CC[C@H](CN(C)C(=O)Cc2ccc(F)cc2Cl)C1. The van der Waals surface area contributed by atoms with Gasteiger partial charge in [-0.2, -0.15) is 0 Å². The Labute approximate surface area is 137 Å². The van der Waals surface area contributed by atoms with Crippen LogP contribution >= 0.6 is 11.6 Å². The third kappa shape index (κ3) is 4.43. The maximum absolute atomic E-state index is 13.0. The molecule has 3 nitrogen and oxygen atoms in total. The van der Waals surface area contributed by atoms with E-state index in [-0.39, 0.29) is 18.1 Å². The van der Waals surface area contributed by atoms with E-state index in [9.17, 15) is 9.18 Å². The third-order valence-electron chi connectivity index (χ3n) is 4.36. The Morgan fingerprint density at radius 3 is 2.82 bits per heavy atom. The molecule has 1 fully saturated rings. The molecule has 0 unspecified atom stereocenters. The lowest BCUT2D eigenvalue weighted by atomic mass is 10.1. The monoisotopic (exact) mass is 326 g/mol. The summed E-state index contributed by atoms with van der Waals surface area (Å²) in [4.78, 5) is 16.5. The van der Waals surface area contributed by atoms with E-state index in [0.717, 1.165) is 26.1 Å². The summed E-state index contributed by atoms with van der Waals surface area (Å²) in [6, 6.07) is 4.73. The van der Waals surface area contributed by atoms with Crippen molar-refractivity contribution in [1.82, 2.24) is 9.80 Å². The van der Waals surface area contributed by atoms with Crippen molar-refractivity contribution in [1.29, 1.82) is 0 Å². The molecule has 1 aromatic carbocycles. The third-order valence-corrected chi connectivity index (χ3v) is 4.71. The summed E-state index contributed by atoms with van der Waals surface area (Å²) in [5.41, 5.74) is 0.676. The topological polar surface area (TPSA) is 23.6 Å². The van der Waals surface area contributed by atoms with Gasteiger partial charge in [0.05, 0.1) is 6.42 Å². The summed E-state index contributed by atoms with van der Waals surface area (Å²) in [5.74, 6) is 0.172. The van der Waals surface area contributed by atoms with E-state index in [4.69, 9.17) is 11.6 Å². The van der Waals surface area contributed by atoms with E-state index in [0.29, 0.717) is 22.5 Å². The molecule has 1 aliphatic rings. The van der Waals surface area contributed by atoms with Crippen molar-refractivity contribution in [2.24, 2.45) is 5.92 Å².